The summed E-state index contributed by atoms with van der Waals surface area (Å²) in [6, 6.07) is 0. The zero-order valence-electron chi connectivity index (χ0n) is 8.81. The Balaban J connectivity index is 4.45. The average Bonchev–Trinajstić information content (AvgIpc) is 2.32. The molecular weight excluding hydrogens is 208 g/mol. The van der Waals surface area contributed by atoms with Crippen molar-refractivity contribution in [2.24, 2.45) is 0 Å². The Labute approximate surface area is 87.3 Å². The van der Waals surface area contributed by atoms with Gasteiger partial charge in [0.1, 0.15) is 18.3 Å². The van der Waals surface area contributed by atoms with Crippen molar-refractivity contribution in [2.75, 3.05) is 6.61 Å². The van der Waals surface area contributed by atoms with E-state index in [1.165, 1.54) is 0 Å². The third-order valence-corrected chi connectivity index (χ3v) is 1.67. The highest BCUT2D eigenvalue weighted by atomic mass is 16.6. The largest absolute Gasteiger partial charge is 0.452 e. The van der Waals surface area contributed by atoms with Crippen LogP contribution in [0.1, 0.15) is 8.27 Å². The summed E-state index contributed by atoms with van der Waals surface area (Å²) in [6.45, 7) is -1.56. The highest BCUT2D eigenvalue weighted by Crippen LogP contribution is 2.06. The van der Waals surface area contributed by atoms with E-state index in [0.29, 0.717) is 0 Å². The van der Waals surface area contributed by atoms with Gasteiger partial charge in [0.05, 0.1) is 6.61 Å². The predicted molar refractivity (Wildman–Crippen MR) is 46.7 cm³/mol. The van der Waals surface area contributed by atoms with Crippen molar-refractivity contribution in [3.63, 3.8) is 0 Å². The molecule has 15 heavy (non-hydrogen) atoms. The van der Waals surface area contributed by atoms with E-state index in [1.54, 1.807) is 0 Å². The Bertz CT molecular complexity index is 234. The molecule has 0 aliphatic carbocycles. The molecule has 88 valence electrons. The summed E-state index contributed by atoms with van der Waals surface area (Å²) in [4.78, 5) is 21.1. The number of hydrogen-bond donors (Lipinski definition) is 4. The standard InChI is InChI=1S/C8H14O7/c1-4(11)15-6(3-10)8(14)7(13)5(12)2-9/h3,5-9,12-14H,2H2,1H3/t5-,6+,7+,8-/m1/s1/i1D. The molecule has 0 saturated heterocycles. The highest BCUT2D eigenvalue weighted by molar-refractivity contribution is 5.70. The Morgan fingerprint density at radius 2 is 2.07 bits per heavy atom. The molecule has 7 heteroatoms. The Kier molecular flexibility index (Phi) is 5.19. The second-order valence-electron chi connectivity index (χ2n) is 2.82. The molecule has 0 bridgehead atoms. The summed E-state index contributed by atoms with van der Waals surface area (Å²) < 4.78 is 11.0. The van der Waals surface area contributed by atoms with E-state index in [9.17, 15) is 19.8 Å². The van der Waals surface area contributed by atoms with Gasteiger partial charge >= 0.3 is 5.97 Å². The maximum atomic E-state index is 10.7. The smallest absolute Gasteiger partial charge is 0.303 e. The van der Waals surface area contributed by atoms with E-state index in [4.69, 9.17) is 11.6 Å². The first kappa shape index (κ1) is 12.1. The molecule has 7 nitrogen and oxygen atoms in total. The summed E-state index contributed by atoms with van der Waals surface area (Å²) in [6.07, 6.45) is -6.99. The molecule has 0 heterocycles. The number of hydrogen-bond acceptors (Lipinski definition) is 7. The van der Waals surface area contributed by atoms with E-state index in [-0.39, 0.29) is 6.29 Å². The summed E-state index contributed by atoms with van der Waals surface area (Å²) in [5, 5.41) is 36.0. The number of rotatable bonds is 6. The van der Waals surface area contributed by atoms with Crippen molar-refractivity contribution in [1.82, 2.24) is 0 Å². The van der Waals surface area contributed by atoms with Gasteiger partial charge in [0.2, 0.25) is 0 Å². The quantitative estimate of drug-likeness (QED) is 0.283. The second-order valence-corrected chi connectivity index (χ2v) is 2.82. The van der Waals surface area contributed by atoms with Crippen LogP contribution in [0.2, 0.25) is 0 Å². The first-order valence-corrected chi connectivity index (χ1v) is 4.07. The zero-order chi connectivity index (χ0) is 12.7. The Morgan fingerprint density at radius 1 is 1.47 bits per heavy atom. The first-order chi connectivity index (χ1) is 7.47. The van der Waals surface area contributed by atoms with E-state index >= 15 is 0 Å². The van der Waals surface area contributed by atoms with Gasteiger partial charge in [0.25, 0.3) is 0 Å². The van der Waals surface area contributed by atoms with Gasteiger partial charge in [-0.15, -0.1) is 0 Å². The first-order valence-electron chi connectivity index (χ1n) is 4.77. The van der Waals surface area contributed by atoms with Gasteiger partial charge in [-0.1, -0.05) is 0 Å². The molecule has 0 saturated carbocycles. The van der Waals surface area contributed by atoms with Crippen molar-refractivity contribution in [2.45, 2.75) is 31.3 Å². The molecular formula is C8H14O7. The van der Waals surface area contributed by atoms with Gasteiger partial charge in [-0.3, -0.25) is 9.59 Å². The molecule has 0 unspecified atom stereocenters. The van der Waals surface area contributed by atoms with Crippen LogP contribution in [0.4, 0.5) is 0 Å². The summed E-state index contributed by atoms with van der Waals surface area (Å²) in [5.74, 6) is -1.05. The van der Waals surface area contributed by atoms with Crippen molar-refractivity contribution in [3.05, 3.63) is 0 Å². The molecule has 0 aromatic rings. The third-order valence-electron chi connectivity index (χ3n) is 1.67. The minimum Gasteiger partial charge on any atom is -0.452 e. The third kappa shape index (κ3) is 4.34. The van der Waals surface area contributed by atoms with Crippen molar-refractivity contribution < 1.29 is 36.1 Å². The molecule has 0 aromatic carbocycles. The van der Waals surface area contributed by atoms with Crippen LogP contribution in [-0.2, 0) is 14.3 Å². The van der Waals surface area contributed by atoms with E-state index < -0.39 is 43.9 Å². The molecule has 0 fully saturated rings. The van der Waals surface area contributed by atoms with Crippen LogP contribution in [0.25, 0.3) is 0 Å². The molecule has 0 radical (unpaired) electrons. The number of carbonyl (C=O) groups excluding carboxylic acids is 2. The minimum atomic E-state index is -1.87. The highest BCUT2D eigenvalue weighted by Gasteiger charge is 2.32. The van der Waals surface area contributed by atoms with Gasteiger partial charge in [0.15, 0.2) is 12.4 Å². The molecule has 0 spiro atoms. The summed E-state index contributed by atoms with van der Waals surface area (Å²) >= 11 is 0. The van der Waals surface area contributed by atoms with Gasteiger partial charge < -0.3 is 25.2 Å². The molecule has 4 N–H and O–H groups in total. The lowest BCUT2D eigenvalue weighted by Gasteiger charge is -2.24. The number of aldehydes is 1. The molecule has 4 atom stereocenters. The van der Waals surface area contributed by atoms with E-state index in [2.05, 4.69) is 4.74 Å². The average molecular weight is 223 g/mol. The number of aliphatic hydroxyl groups excluding tert-OH is 4. The van der Waals surface area contributed by atoms with Crippen LogP contribution in [0.3, 0.4) is 0 Å². The molecule has 0 aromatic heterocycles. The molecule has 0 aliphatic heterocycles. The number of esters is 1. The molecule has 0 amide bonds. The fraction of sp³-hybridized carbons (Fsp3) is 0.750. The number of aliphatic hydroxyl groups is 4. The Morgan fingerprint density at radius 3 is 2.47 bits per heavy atom. The fourth-order valence-corrected chi connectivity index (χ4v) is 0.860. The van der Waals surface area contributed by atoms with Gasteiger partial charge in [-0.25, -0.2) is 0 Å². The van der Waals surface area contributed by atoms with Gasteiger partial charge in [0, 0.05) is 8.27 Å². The lowest BCUT2D eigenvalue weighted by atomic mass is 10.0. The van der Waals surface area contributed by atoms with Crippen LogP contribution in [0.5, 0.6) is 0 Å². The monoisotopic (exact) mass is 223 g/mol. The van der Waals surface area contributed by atoms with Crippen LogP contribution >= 0.6 is 0 Å². The normalized spacial score (nSPS) is 19.6. The maximum Gasteiger partial charge on any atom is 0.303 e. The SMILES string of the molecule is [2H]CC(=O)O[C@@H](C=O)[C@@H](O)[C@@H](O)[C@H](O)CO. The van der Waals surface area contributed by atoms with Gasteiger partial charge in [-0.2, -0.15) is 0 Å². The lowest BCUT2D eigenvalue weighted by Crippen LogP contribution is -2.47. The van der Waals surface area contributed by atoms with Crippen LogP contribution < -0.4 is 0 Å². The van der Waals surface area contributed by atoms with Crippen LogP contribution in [0.15, 0.2) is 0 Å². The number of carbonyl (C=O) groups is 2. The van der Waals surface area contributed by atoms with E-state index in [1.807, 2.05) is 0 Å². The van der Waals surface area contributed by atoms with Crippen LogP contribution in [-0.4, -0.2) is 63.7 Å². The molecule has 0 aliphatic rings. The van der Waals surface area contributed by atoms with Crippen LogP contribution in [0, 0.1) is 0 Å². The van der Waals surface area contributed by atoms with Crippen molar-refractivity contribution >= 4 is 12.3 Å². The van der Waals surface area contributed by atoms with Crippen molar-refractivity contribution in [1.29, 1.82) is 0 Å². The minimum absolute atomic E-state index is 0.0611. The topological polar surface area (TPSA) is 124 Å². The Hall–Kier alpha value is -1.02. The summed E-state index contributed by atoms with van der Waals surface area (Å²) in [5.41, 5.74) is 0. The maximum absolute atomic E-state index is 10.7. The van der Waals surface area contributed by atoms with E-state index in [0.717, 1.165) is 0 Å². The fourth-order valence-electron chi connectivity index (χ4n) is 0.860. The van der Waals surface area contributed by atoms with Gasteiger partial charge in [-0.05, 0) is 0 Å². The summed E-state index contributed by atoms with van der Waals surface area (Å²) in [7, 11) is 0. The lowest BCUT2D eigenvalue weighted by molar-refractivity contribution is -0.166. The predicted octanol–water partition coefficient (Wildman–Crippen LogP) is -2.81. The van der Waals surface area contributed by atoms with Crippen molar-refractivity contribution in [3.8, 4) is 0 Å². The zero-order valence-corrected chi connectivity index (χ0v) is 7.81. The second kappa shape index (κ2) is 6.46. The number of ether oxygens (including phenoxy) is 1. The molecule has 0 rings (SSSR count).